The molecule has 0 atom stereocenters. The van der Waals surface area contributed by atoms with Gasteiger partial charge in [0.25, 0.3) is 0 Å². The lowest BCUT2D eigenvalue weighted by atomic mass is 10.0. The summed E-state index contributed by atoms with van der Waals surface area (Å²) in [7, 11) is -0.352. The molecular formula is C59H118NO10P. The zero-order valence-electron chi connectivity index (χ0n) is 47.8. The fourth-order valence-electron chi connectivity index (χ4n) is 9.13. The first-order valence-electron chi connectivity index (χ1n) is 30.4. The zero-order chi connectivity index (χ0) is 52.0. The Morgan fingerprint density at radius 3 is 0.958 bits per heavy atom. The Kier molecular flexibility index (Phi) is 54.3. The van der Waals surface area contributed by atoms with Crippen LogP contribution < -0.4 is 0 Å². The smallest absolute Gasteiger partial charge is 0.462 e. The number of phosphoric ester groups is 1. The van der Waals surface area contributed by atoms with Crippen molar-refractivity contribution in [3.05, 3.63) is 0 Å². The zero-order valence-corrected chi connectivity index (χ0v) is 48.7. The first kappa shape index (κ1) is 69.9. The monoisotopic (exact) mass is 1030 g/mol. The molecule has 0 spiro atoms. The van der Waals surface area contributed by atoms with Gasteiger partial charge in [-0.05, 0) is 83.5 Å². The first-order valence-corrected chi connectivity index (χ1v) is 31.9. The Bertz CT molecular complexity index is 1050. The largest absolute Gasteiger partial charge is 0.474 e. The van der Waals surface area contributed by atoms with Crippen molar-refractivity contribution in [3.8, 4) is 0 Å². The van der Waals surface area contributed by atoms with E-state index in [1.807, 2.05) is 0 Å². The number of methoxy groups -OCH3 is 2. The Labute approximate surface area is 439 Å². The summed E-state index contributed by atoms with van der Waals surface area (Å²) in [4.78, 5) is 28.0. The lowest BCUT2D eigenvalue weighted by Crippen LogP contribution is -2.32. The highest BCUT2D eigenvalue weighted by atomic mass is 31.2. The third-order valence-corrected chi connectivity index (χ3v) is 15.3. The van der Waals surface area contributed by atoms with Gasteiger partial charge >= 0.3 is 19.8 Å². The van der Waals surface area contributed by atoms with Crippen molar-refractivity contribution in [1.82, 2.24) is 4.90 Å². The summed E-state index contributed by atoms with van der Waals surface area (Å²) >= 11 is 0. The fourth-order valence-corrected chi connectivity index (χ4v) is 10.4. The maximum absolute atomic E-state index is 13.9. The Balaban J connectivity index is 4.86. The van der Waals surface area contributed by atoms with Crippen molar-refractivity contribution < 1.29 is 46.7 Å². The summed E-state index contributed by atoms with van der Waals surface area (Å²) in [6.45, 7) is 13.4. The normalized spacial score (nSPS) is 12.0. The number of hydrogen-bond acceptors (Lipinski definition) is 11. The molecule has 0 bridgehead atoms. The van der Waals surface area contributed by atoms with E-state index < -0.39 is 7.82 Å². The van der Waals surface area contributed by atoms with Crippen molar-refractivity contribution in [1.29, 1.82) is 0 Å². The number of nitrogens with zero attached hydrogens (tertiary/aromatic N) is 1. The SMILES string of the molecule is CCCCCCCCC(CCCCCCCC)OC(=O)CCCCCCCOP(=O)(OCCCCCCCC(=O)OC(CCCCCCCC)CCCCCCCC)OCCCN(CCOC)CCOC. The number of phosphoric acid groups is 1. The van der Waals surface area contributed by atoms with E-state index >= 15 is 0 Å². The van der Waals surface area contributed by atoms with Gasteiger partial charge in [-0.1, -0.05) is 195 Å². The second-order valence-electron chi connectivity index (χ2n) is 20.6. The molecule has 0 aromatic heterocycles. The van der Waals surface area contributed by atoms with Crippen LogP contribution in [0.3, 0.4) is 0 Å². The van der Waals surface area contributed by atoms with Gasteiger partial charge in [0.15, 0.2) is 0 Å². The number of carbonyl (C=O) groups is 2. The average Bonchev–Trinajstić information content (AvgIpc) is 3.36. The molecule has 0 N–H and O–H groups in total. The van der Waals surface area contributed by atoms with Crippen LogP contribution in [-0.4, -0.2) is 95.9 Å². The molecule has 0 aromatic carbocycles. The molecule has 0 radical (unpaired) electrons. The van der Waals surface area contributed by atoms with E-state index in [9.17, 15) is 14.2 Å². The predicted molar refractivity (Wildman–Crippen MR) is 297 cm³/mol. The second-order valence-corrected chi connectivity index (χ2v) is 22.3. The van der Waals surface area contributed by atoms with Gasteiger partial charge in [0.1, 0.15) is 12.2 Å². The van der Waals surface area contributed by atoms with Crippen LogP contribution in [0.15, 0.2) is 0 Å². The minimum absolute atomic E-state index is 0.0490. The fraction of sp³-hybridized carbons (Fsp3) is 0.966. The number of rotatable bonds is 59. The molecule has 0 saturated heterocycles. The van der Waals surface area contributed by atoms with E-state index in [1.54, 1.807) is 14.2 Å². The van der Waals surface area contributed by atoms with Crippen LogP contribution in [-0.2, 0) is 46.7 Å². The Morgan fingerprint density at radius 2 is 0.634 bits per heavy atom. The molecule has 0 unspecified atom stereocenters. The molecule has 424 valence electrons. The molecule has 12 heteroatoms. The summed E-state index contributed by atoms with van der Waals surface area (Å²) in [6.07, 6.45) is 44.5. The van der Waals surface area contributed by atoms with Crippen LogP contribution in [0, 0.1) is 0 Å². The summed E-state index contributed by atoms with van der Waals surface area (Å²) in [6, 6.07) is 0. The van der Waals surface area contributed by atoms with Crippen molar-refractivity contribution in [3.63, 3.8) is 0 Å². The summed E-state index contributed by atoms with van der Waals surface area (Å²) in [5.74, 6) is -0.0979. The van der Waals surface area contributed by atoms with Crippen molar-refractivity contribution in [2.45, 2.75) is 303 Å². The second kappa shape index (κ2) is 55.2. The van der Waals surface area contributed by atoms with E-state index in [1.165, 1.54) is 128 Å². The van der Waals surface area contributed by atoms with Crippen LogP contribution in [0.25, 0.3) is 0 Å². The number of esters is 2. The molecule has 71 heavy (non-hydrogen) atoms. The standard InChI is InChI=1S/C59H118NO10P/c1-7-11-15-19-25-33-42-56(43-34-26-20-16-12-8-2)69-58(61)46-37-29-23-31-39-51-66-71(63,68-53-41-48-60(49-54-64-5)50-55-65-6)67-52-40-32-24-30-38-47-59(62)70-57(44-35-27-21-17-13-9-3)45-36-28-22-18-14-10-4/h56-57H,7-55H2,1-6H3. The number of carbonyl (C=O) groups excluding carboxylic acids is 2. The van der Waals surface area contributed by atoms with Crippen molar-refractivity contribution in [2.24, 2.45) is 0 Å². The molecule has 0 heterocycles. The average molecular weight is 1030 g/mol. The highest BCUT2D eigenvalue weighted by Crippen LogP contribution is 2.50. The van der Waals surface area contributed by atoms with E-state index in [0.29, 0.717) is 45.7 Å². The van der Waals surface area contributed by atoms with E-state index in [0.717, 1.165) is 135 Å². The Hall–Kier alpha value is -1.07. The maximum Gasteiger partial charge on any atom is 0.474 e. The van der Waals surface area contributed by atoms with Crippen LogP contribution >= 0.6 is 7.82 Å². The van der Waals surface area contributed by atoms with Crippen molar-refractivity contribution >= 4 is 19.8 Å². The molecule has 0 saturated carbocycles. The van der Waals surface area contributed by atoms with Gasteiger partial charge < -0.3 is 18.9 Å². The third kappa shape index (κ3) is 49.6. The maximum atomic E-state index is 13.9. The molecule has 11 nitrogen and oxygen atoms in total. The highest BCUT2D eigenvalue weighted by Gasteiger charge is 2.26. The first-order chi connectivity index (χ1) is 34.8. The van der Waals surface area contributed by atoms with Gasteiger partial charge in [-0.15, -0.1) is 0 Å². The van der Waals surface area contributed by atoms with Gasteiger partial charge in [-0.3, -0.25) is 28.1 Å². The minimum atomic E-state index is -3.75. The van der Waals surface area contributed by atoms with E-state index in [2.05, 4.69) is 32.6 Å². The molecule has 0 aliphatic rings. The molecule has 0 aliphatic carbocycles. The number of unbranched alkanes of at least 4 members (excludes halogenated alkanes) is 28. The van der Waals surface area contributed by atoms with Gasteiger partial charge in [-0.2, -0.15) is 0 Å². The lowest BCUT2D eigenvalue weighted by Gasteiger charge is -2.22. The minimum Gasteiger partial charge on any atom is -0.462 e. The number of hydrogen-bond donors (Lipinski definition) is 0. The molecular weight excluding hydrogens is 914 g/mol. The Morgan fingerprint density at radius 1 is 0.352 bits per heavy atom. The van der Waals surface area contributed by atoms with Crippen LogP contribution in [0.4, 0.5) is 0 Å². The van der Waals surface area contributed by atoms with Gasteiger partial charge in [0.2, 0.25) is 0 Å². The van der Waals surface area contributed by atoms with Crippen molar-refractivity contribution in [2.75, 3.05) is 66.9 Å². The quantitative estimate of drug-likeness (QED) is 0.0329. The third-order valence-electron chi connectivity index (χ3n) is 13.8. The van der Waals surface area contributed by atoms with E-state index in [-0.39, 0.29) is 30.8 Å². The van der Waals surface area contributed by atoms with Crippen LogP contribution in [0.2, 0.25) is 0 Å². The van der Waals surface area contributed by atoms with E-state index in [4.69, 9.17) is 32.5 Å². The van der Waals surface area contributed by atoms with Crippen LogP contribution in [0.1, 0.15) is 291 Å². The summed E-state index contributed by atoms with van der Waals surface area (Å²) in [5.41, 5.74) is 0. The highest BCUT2D eigenvalue weighted by molar-refractivity contribution is 7.48. The molecule has 0 aromatic rings. The van der Waals surface area contributed by atoms with Crippen LogP contribution in [0.5, 0.6) is 0 Å². The summed E-state index contributed by atoms with van der Waals surface area (Å²) < 4.78 is 54.3. The molecule has 0 aliphatic heterocycles. The van der Waals surface area contributed by atoms with Gasteiger partial charge in [-0.25, -0.2) is 4.57 Å². The molecule has 0 rings (SSSR count). The van der Waals surface area contributed by atoms with Gasteiger partial charge in [0, 0.05) is 46.7 Å². The predicted octanol–water partition coefficient (Wildman–Crippen LogP) is 17.6. The number of ether oxygens (including phenoxy) is 4. The van der Waals surface area contributed by atoms with Gasteiger partial charge in [0.05, 0.1) is 33.0 Å². The molecule has 0 fully saturated rings. The topological polar surface area (TPSA) is 119 Å². The molecule has 0 amide bonds. The summed E-state index contributed by atoms with van der Waals surface area (Å²) in [5, 5.41) is 0. The lowest BCUT2D eigenvalue weighted by molar-refractivity contribution is -0.151.